The molecule has 0 aliphatic carbocycles. The first-order valence-corrected chi connectivity index (χ1v) is 4.42. The molecule has 0 aliphatic heterocycles. The molecule has 2 rings (SSSR count). The molecule has 0 saturated heterocycles. The van der Waals surface area contributed by atoms with Crippen molar-refractivity contribution in [2.45, 2.75) is 0 Å². The van der Waals surface area contributed by atoms with E-state index in [9.17, 15) is 4.39 Å². The predicted molar refractivity (Wildman–Crippen MR) is 57.4 cm³/mol. The summed E-state index contributed by atoms with van der Waals surface area (Å²) in [5.41, 5.74) is 12.9. The van der Waals surface area contributed by atoms with Gasteiger partial charge in [0.05, 0.1) is 11.9 Å². The van der Waals surface area contributed by atoms with E-state index < -0.39 is 5.82 Å². The van der Waals surface area contributed by atoms with E-state index in [0.29, 0.717) is 5.82 Å². The van der Waals surface area contributed by atoms with Crippen molar-refractivity contribution in [2.75, 3.05) is 11.5 Å². The van der Waals surface area contributed by atoms with E-state index in [2.05, 4.69) is 5.10 Å². The predicted octanol–water partition coefficient (Wildman–Crippen LogP) is 1.39. The Labute approximate surface area is 86.3 Å². The van der Waals surface area contributed by atoms with Crippen molar-refractivity contribution in [1.29, 1.82) is 0 Å². The number of benzene rings is 1. The molecule has 78 valence electrons. The van der Waals surface area contributed by atoms with E-state index in [1.807, 2.05) is 0 Å². The van der Waals surface area contributed by atoms with Crippen LogP contribution in [0.1, 0.15) is 0 Å². The number of nitrogens with zero attached hydrogens (tertiary/aromatic N) is 2. The highest BCUT2D eigenvalue weighted by Crippen LogP contribution is 2.27. The highest BCUT2D eigenvalue weighted by atomic mass is 19.1. The van der Waals surface area contributed by atoms with Crippen molar-refractivity contribution in [3.05, 3.63) is 30.2 Å². The molecule has 0 saturated carbocycles. The molecule has 0 fully saturated rings. The van der Waals surface area contributed by atoms with Gasteiger partial charge in [0.2, 0.25) is 0 Å². The minimum atomic E-state index is -0.429. The average Bonchev–Trinajstić information content (AvgIpc) is 2.53. The molecule has 4 N–H and O–H groups in total. The van der Waals surface area contributed by atoms with Crippen LogP contribution in [0.5, 0.6) is 0 Å². The van der Waals surface area contributed by atoms with Crippen LogP contribution in [0.3, 0.4) is 0 Å². The molecule has 0 aliphatic rings. The van der Waals surface area contributed by atoms with E-state index in [1.54, 1.807) is 30.1 Å². The first-order chi connectivity index (χ1) is 7.09. The number of nitrogens with two attached hydrogens (primary N) is 2. The molecular formula is C10H11FN4. The van der Waals surface area contributed by atoms with Gasteiger partial charge in [-0.15, -0.1) is 0 Å². The quantitative estimate of drug-likeness (QED) is 0.693. The van der Waals surface area contributed by atoms with Crippen LogP contribution < -0.4 is 11.5 Å². The Balaban J connectivity index is 2.55. The maximum atomic E-state index is 12.9. The summed E-state index contributed by atoms with van der Waals surface area (Å²) in [7, 11) is 1.74. The van der Waals surface area contributed by atoms with Gasteiger partial charge in [-0.1, -0.05) is 6.07 Å². The summed E-state index contributed by atoms with van der Waals surface area (Å²) in [6.07, 6.45) is 1.63. The zero-order chi connectivity index (χ0) is 11.0. The topological polar surface area (TPSA) is 69.9 Å². The molecule has 1 aromatic carbocycles. The molecule has 0 radical (unpaired) electrons. The van der Waals surface area contributed by atoms with Crippen LogP contribution in [0.25, 0.3) is 11.1 Å². The van der Waals surface area contributed by atoms with Crippen LogP contribution in [0.15, 0.2) is 24.4 Å². The lowest BCUT2D eigenvalue weighted by Gasteiger charge is -2.02. The second-order valence-corrected chi connectivity index (χ2v) is 3.30. The second kappa shape index (κ2) is 3.27. The largest absolute Gasteiger partial charge is 0.396 e. The summed E-state index contributed by atoms with van der Waals surface area (Å²) in [5.74, 6) is 0.0993. The number of anilines is 2. The third-order valence-corrected chi connectivity index (χ3v) is 2.29. The maximum absolute atomic E-state index is 12.9. The van der Waals surface area contributed by atoms with Crippen molar-refractivity contribution in [3.8, 4) is 11.1 Å². The summed E-state index contributed by atoms with van der Waals surface area (Å²) >= 11 is 0. The molecule has 1 heterocycles. The Bertz CT molecular complexity index is 504. The SMILES string of the molecule is Cn1ncc(-c2ccc(F)c(N)c2)c1N. The van der Waals surface area contributed by atoms with Crippen LogP contribution in [-0.4, -0.2) is 9.78 Å². The Morgan fingerprint density at radius 2 is 2.07 bits per heavy atom. The van der Waals surface area contributed by atoms with Gasteiger partial charge in [-0.2, -0.15) is 5.10 Å². The Morgan fingerprint density at radius 3 is 2.60 bits per heavy atom. The number of aryl methyl sites for hydroxylation is 1. The second-order valence-electron chi connectivity index (χ2n) is 3.30. The molecule has 4 nitrogen and oxygen atoms in total. The average molecular weight is 206 g/mol. The van der Waals surface area contributed by atoms with Gasteiger partial charge in [-0.25, -0.2) is 4.39 Å². The first kappa shape index (κ1) is 9.51. The summed E-state index contributed by atoms with van der Waals surface area (Å²) < 4.78 is 14.5. The minimum Gasteiger partial charge on any atom is -0.396 e. The molecular weight excluding hydrogens is 195 g/mol. The molecule has 1 aromatic heterocycles. The number of hydrogen-bond acceptors (Lipinski definition) is 3. The summed E-state index contributed by atoms with van der Waals surface area (Å²) in [4.78, 5) is 0. The van der Waals surface area contributed by atoms with E-state index in [-0.39, 0.29) is 5.69 Å². The number of halogens is 1. The van der Waals surface area contributed by atoms with Gasteiger partial charge in [-0.3, -0.25) is 4.68 Å². The van der Waals surface area contributed by atoms with E-state index >= 15 is 0 Å². The number of hydrogen-bond donors (Lipinski definition) is 2. The fraction of sp³-hybridized carbons (Fsp3) is 0.100. The van der Waals surface area contributed by atoms with Crippen LogP contribution in [0, 0.1) is 5.82 Å². The van der Waals surface area contributed by atoms with Crippen molar-refractivity contribution < 1.29 is 4.39 Å². The van der Waals surface area contributed by atoms with Gasteiger partial charge >= 0.3 is 0 Å². The lowest BCUT2D eigenvalue weighted by atomic mass is 10.1. The van der Waals surface area contributed by atoms with E-state index in [0.717, 1.165) is 11.1 Å². The van der Waals surface area contributed by atoms with Crippen LogP contribution in [0.4, 0.5) is 15.9 Å². The third kappa shape index (κ3) is 1.52. The van der Waals surface area contributed by atoms with Crippen LogP contribution in [0.2, 0.25) is 0 Å². The standard InChI is InChI=1S/C10H11FN4/c1-15-10(13)7(5-14-15)6-2-3-8(11)9(12)4-6/h2-5H,12-13H2,1H3. The van der Waals surface area contributed by atoms with Gasteiger partial charge in [0, 0.05) is 12.6 Å². The third-order valence-electron chi connectivity index (χ3n) is 2.29. The fourth-order valence-corrected chi connectivity index (χ4v) is 1.38. The molecule has 0 unspecified atom stereocenters. The van der Waals surface area contributed by atoms with Crippen molar-refractivity contribution in [1.82, 2.24) is 9.78 Å². The molecule has 5 heteroatoms. The Hall–Kier alpha value is -2.04. The molecule has 15 heavy (non-hydrogen) atoms. The lowest BCUT2D eigenvalue weighted by molar-refractivity contribution is 0.632. The highest BCUT2D eigenvalue weighted by molar-refractivity contribution is 5.75. The molecule has 0 spiro atoms. The Morgan fingerprint density at radius 1 is 1.33 bits per heavy atom. The summed E-state index contributed by atoms with van der Waals surface area (Å²) in [6.45, 7) is 0. The Kier molecular flexibility index (Phi) is 2.07. The first-order valence-electron chi connectivity index (χ1n) is 4.42. The highest BCUT2D eigenvalue weighted by Gasteiger charge is 2.08. The minimum absolute atomic E-state index is 0.107. The van der Waals surface area contributed by atoms with Gasteiger partial charge in [0.25, 0.3) is 0 Å². The number of nitrogen functional groups attached to an aromatic ring is 2. The van der Waals surface area contributed by atoms with Gasteiger partial charge in [-0.05, 0) is 17.7 Å². The molecule has 0 amide bonds. The van der Waals surface area contributed by atoms with Gasteiger partial charge < -0.3 is 11.5 Å². The van der Waals surface area contributed by atoms with Crippen LogP contribution in [-0.2, 0) is 7.05 Å². The van der Waals surface area contributed by atoms with Crippen molar-refractivity contribution in [2.24, 2.45) is 7.05 Å². The van der Waals surface area contributed by atoms with E-state index in [4.69, 9.17) is 11.5 Å². The van der Waals surface area contributed by atoms with Crippen molar-refractivity contribution >= 4 is 11.5 Å². The number of rotatable bonds is 1. The summed E-state index contributed by atoms with van der Waals surface area (Å²) in [5, 5.41) is 4.00. The van der Waals surface area contributed by atoms with Gasteiger partial charge in [0.15, 0.2) is 0 Å². The lowest BCUT2D eigenvalue weighted by Crippen LogP contribution is -1.98. The zero-order valence-electron chi connectivity index (χ0n) is 8.24. The normalized spacial score (nSPS) is 10.5. The molecule has 0 bridgehead atoms. The monoisotopic (exact) mass is 206 g/mol. The zero-order valence-corrected chi connectivity index (χ0v) is 8.24. The van der Waals surface area contributed by atoms with Crippen molar-refractivity contribution in [3.63, 3.8) is 0 Å². The smallest absolute Gasteiger partial charge is 0.146 e. The molecule has 2 aromatic rings. The molecule has 0 atom stereocenters. The van der Waals surface area contributed by atoms with Gasteiger partial charge in [0.1, 0.15) is 11.6 Å². The number of aromatic nitrogens is 2. The van der Waals surface area contributed by atoms with E-state index in [1.165, 1.54) is 6.07 Å². The summed E-state index contributed by atoms with van der Waals surface area (Å²) in [6, 6.07) is 4.49. The fourth-order valence-electron chi connectivity index (χ4n) is 1.38. The van der Waals surface area contributed by atoms with Crippen LogP contribution >= 0.6 is 0 Å². The maximum Gasteiger partial charge on any atom is 0.146 e.